The Bertz CT molecular complexity index is 600. The van der Waals surface area contributed by atoms with Crippen LogP contribution in [0.1, 0.15) is 43.7 Å². The Labute approximate surface area is 138 Å². The molecule has 0 N–H and O–H groups in total. The zero-order valence-electron chi connectivity index (χ0n) is 14.3. The van der Waals surface area contributed by atoms with Gasteiger partial charge in [0.2, 0.25) is 11.8 Å². The lowest BCUT2D eigenvalue weighted by atomic mass is 10.0. The molecule has 1 aliphatic carbocycles. The molecule has 23 heavy (non-hydrogen) atoms. The summed E-state index contributed by atoms with van der Waals surface area (Å²) in [5.41, 5.74) is 3.27. The van der Waals surface area contributed by atoms with Crippen LogP contribution >= 0.6 is 0 Å². The van der Waals surface area contributed by atoms with Gasteiger partial charge in [0, 0.05) is 24.7 Å². The minimum absolute atomic E-state index is 0.0348. The van der Waals surface area contributed by atoms with Gasteiger partial charge in [0.05, 0.1) is 0 Å². The number of nitrogens with zero attached hydrogens (tertiary/aromatic N) is 2. The fourth-order valence-corrected chi connectivity index (χ4v) is 3.94. The largest absolute Gasteiger partial charge is 0.329 e. The Morgan fingerprint density at radius 3 is 2.26 bits per heavy atom. The second kappa shape index (κ2) is 6.34. The minimum atomic E-state index is -0.363. The van der Waals surface area contributed by atoms with Crippen molar-refractivity contribution >= 4 is 17.5 Å². The molecule has 4 nitrogen and oxygen atoms in total. The van der Waals surface area contributed by atoms with E-state index in [1.807, 2.05) is 37.8 Å². The molecular formula is C19H26N2O2. The number of amides is 2. The first-order valence-electron chi connectivity index (χ1n) is 8.67. The van der Waals surface area contributed by atoms with Crippen LogP contribution in [0.3, 0.4) is 0 Å². The van der Waals surface area contributed by atoms with Crippen LogP contribution in [0.25, 0.3) is 0 Å². The number of rotatable bonds is 2. The average molecular weight is 314 g/mol. The van der Waals surface area contributed by atoms with Crippen molar-refractivity contribution in [3.8, 4) is 0 Å². The third kappa shape index (κ3) is 3.12. The zero-order valence-corrected chi connectivity index (χ0v) is 14.3. The topological polar surface area (TPSA) is 40.6 Å². The molecular weight excluding hydrogens is 288 g/mol. The molecule has 2 amide bonds. The Balaban J connectivity index is 1.76. The summed E-state index contributed by atoms with van der Waals surface area (Å²) in [6, 6.07) is 5.84. The van der Waals surface area contributed by atoms with Crippen LogP contribution < -0.4 is 4.90 Å². The lowest BCUT2D eigenvalue weighted by Crippen LogP contribution is -2.58. The molecule has 1 unspecified atom stereocenters. The second-order valence-electron chi connectivity index (χ2n) is 7.02. The average Bonchev–Trinajstić information content (AvgIpc) is 3.02. The van der Waals surface area contributed by atoms with Crippen LogP contribution in [0.15, 0.2) is 18.2 Å². The quantitative estimate of drug-likeness (QED) is 0.842. The number of benzene rings is 1. The van der Waals surface area contributed by atoms with Crippen molar-refractivity contribution in [3.05, 3.63) is 29.3 Å². The summed E-state index contributed by atoms with van der Waals surface area (Å²) in [5.74, 6) is 0.356. The Morgan fingerprint density at radius 1 is 1.04 bits per heavy atom. The standard InChI is InChI=1S/C19H26N2O2/c1-13-10-14(2)12-17(11-13)21-9-8-20(15(3)18(21)22)19(23)16-6-4-5-7-16/h10-12,15-16H,4-9H2,1-3H3. The van der Waals surface area contributed by atoms with Crippen LogP contribution in [0.2, 0.25) is 0 Å². The highest BCUT2D eigenvalue weighted by Crippen LogP contribution is 2.29. The van der Waals surface area contributed by atoms with E-state index >= 15 is 0 Å². The van der Waals surface area contributed by atoms with E-state index in [-0.39, 0.29) is 23.8 Å². The first-order valence-corrected chi connectivity index (χ1v) is 8.67. The molecule has 1 heterocycles. The van der Waals surface area contributed by atoms with Crippen LogP contribution in [-0.2, 0) is 9.59 Å². The number of piperazine rings is 1. The molecule has 1 saturated carbocycles. The van der Waals surface area contributed by atoms with Gasteiger partial charge in [0.1, 0.15) is 6.04 Å². The maximum absolute atomic E-state index is 12.8. The van der Waals surface area contributed by atoms with Gasteiger partial charge < -0.3 is 9.80 Å². The third-order valence-electron chi connectivity index (χ3n) is 5.16. The summed E-state index contributed by atoms with van der Waals surface area (Å²) >= 11 is 0. The van der Waals surface area contributed by atoms with Crippen LogP contribution in [0.5, 0.6) is 0 Å². The van der Waals surface area contributed by atoms with E-state index in [4.69, 9.17) is 0 Å². The number of aryl methyl sites for hydroxylation is 2. The van der Waals surface area contributed by atoms with Crippen LogP contribution in [0.4, 0.5) is 5.69 Å². The molecule has 0 bridgehead atoms. The SMILES string of the molecule is Cc1cc(C)cc(N2CCN(C(=O)C3CCCC3)C(C)C2=O)c1. The molecule has 0 radical (unpaired) electrons. The Morgan fingerprint density at radius 2 is 1.65 bits per heavy atom. The molecule has 4 heteroatoms. The second-order valence-corrected chi connectivity index (χ2v) is 7.02. The Hall–Kier alpha value is -1.84. The maximum atomic E-state index is 12.8. The van der Waals surface area contributed by atoms with Gasteiger partial charge >= 0.3 is 0 Å². The van der Waals surface area contributed by atoms with E-state index in [1.165, 1.54) is 0 Å². The summed E-state index contributed by atoms with van der Waals surface area (Å²) in [6.45, 7) is 7.18. The van der Waals surface area contributed by atoms with E-state index in [1.54, 1.807) is 4.90 Å². The highest BCUT2D eigenvalue weighted by molar-refractivity contribution is 6.00. The number of hydrogen-bond donors (Lipinski definition) is 0. The lowest BCUT2D eigenvalue weighted by molar-refractivity contribution is -0.143. The number of carbonyl (C=O) groups is 2. The molecule has 1 atom stereocenters. The fraction of sp³-hybridized carbons (Fsp3) is 0.579. The van der Waals surface area contributed by atoms with Gasteiger partial charge in [-0.3, -0.25) is 9.59 Å². The van der Waals surface area contributed by atoms with Gasteiger partial charge in [-0.05, 0) is 56.9 Å². The third-order valence-corrected chi connectivity index (χ3v) is 5.16. The number of hydrogen-bond acceptors (Lipinski definition) is 2. The molecule has 2 fully saturated rings. The summed E-state index contributed by atoms with van der Waals surface area (Å²) in [4.78, 5) is 29.1. The number of anilines is 1. The summed E-state index contributed by atoms with van der Waals surface area (Å²) in [7, 11) is 0. The van der Waals surface area contributed by atoms with Gasteiger partial charge in [0.25, 0.3) is 0 Å². The van der Waals surface area contributed by atoms with Crippen molar-refractivity contribution in [2.45, 2.75) is 52.5 Å². The van der Waals surface area contributed by atoms with Gasteiger partial charge in [-0.2, -0.15) is 0 Å². The molecule has 2 aliphatic rings. The van der Waals surface area contributed by atoms with E-state index in [0.717, 1.165) is 42.5 Å². The molecule has 0 aromatic heterocycles. The molecule has 3 rings (SSSR count). The van der Waals surface area contributed by atoms with Crippen molar-refractivity contribution < 1.29 is 9.59 Å². The lowest BCUT2D eigenvalue weighted by Gasteiger charge is -2.40. The van der Waals surface area contributed by atoms with Gasteiger partial charge in [0.15, 0.2) is 0 Å². The fourth-order valence-electron chi connectivity index (χ4n) is 3.94. The normalized spacial score (nSPS) is 22.7. The van der Waals surface area contributed by atoms with Crippen LogP contribution in [-0.4, -0.2) is 35.8 Å². The van der Waals surface area contributed by atoms with Gasteiger partial charge in [-0.15, -0.1) is 0 Å². The summed E-state index contributed by atoms with van der Waals surface area (Å²) in [6.07, 6.45) is 4.25. The Kier molecular flexibility index (Phi) is 4.42. The van der Waals surface area contributed by atoms with E-state index in [2.05, 4.69) is 6.07 Å². The highest BCUT2D eigenvalue weighted by Gasteiger charge is 2.38. The first kappa shape index (κ1) is 16.0. The monoisotopic (exact) mass is 314 g/mol. The zero-order chi connectivity index (χ0) is 16.6. The maximum Gasteiger partial charge on any atom is 0.249 e. The van der Waals surface area contributed by atoms with Crippen molar-refractivity contribution in [3.63, 3.8) is 0 Å². The van der Waals surface area contributed by atoms with Gasteiger partial charge in [-0.1, -0.05) is 18.9 Å². The first-order chi connectivity index (χ1) is 11.0. The predicted octanol–water partition coefficient (Wildman–Crippen LogP) is 3.06. The summed E-state index contributed by atoms with van der Waals surface area (Å²) in [5, 5.41) is 0. The van der Waals surface area contributed by atoms with Gasteiger partial charge in [-0.25, -0.2) is 0 Å². The minimum Gasteiger partial charge on any atom is -0.329 e. The highest BCUT2D eigenvalue weighted by atomic mass is 16.2. The molecule has 1 aromatic rings. The van der Waals surface area contributed by atoms with Crippen molar-refractivity contribution in [1.82, 2.24) is 4.90 Å². The molecule has 124 valence electrons. The van der Waals surface area contributed by atoms with E-state index in [0.29, 0.717) is 13.1 Å². The summed E-state index contributed by atoms with van der Waals surface area (Å²) < 4.78 is 0. The van der Waals surface area contributed by atoms with E-state index < -0.39 is 0 Å². The molecule has 1 saturated heterocycles. The van der Waals surface area contributed by atoms with Crippen LogP contribution in [0, 0.1) is 19.8 Å². The smallest absolute Gasteiger partial charge is 0.249 e. The molecule has 0 spiro atoms. The predicted molar refractivity (Wildman–Crippen MR) is 91.4 cm³/mol. The van der Waals surface area contributed by atoms with Crippen molar-refractivity contribution in [2.75, 3.05) is 18.0 Å². The molecule has 1 aromatic carbocycles. The molecule has 1 aliphatic heterocycles. The number of carbonyl (C=O) groups excluding carboxylic acids is 2. The van der Waals surface area contributed by atoms with E-state index in [9.17, 15) is 9.59 Å². The van der Waals surface area contributed by atoms with Crippen molar-refractivity contribution in [1.29, 1.82) is 0 Å². The van der Waals surface area contributed by atoms with Crippen molar-refractivity contribution in [2.24, 2.45) is 5.92 Å².